The van der Waals surface area contributed by atoms with Gasteiger partial charge in [0.25, 0.3) is 0 Å². The Morgan fingerprint density at radius 3 is 2.65 bits per heavy atom. The van der Waals surface area contributed by atoms with Crippen LogP contribution in [0.4, 0.5) is 5.82 Å². The molecule has 1 N–H and O–H groups in total. The largest absolute Gasteiger partial charge is 0.266 e. The second kappa shape index (κ2) is 5.86. The molecule has 0 aliphatic heterocycles. The maximum absolute atomic E-state index is 12.0. The summed E-state index contributed by atoms with van der Waals surface area (Å²) in [4.78, 5) is 7.53. The van der Waals surface area contributed by atoms with E-state index in [1.807, 2.05) is 6.07 Å². The number of halogens is 1. The molecule has 20 heavy (non-hydrogen) atoms. The van der Waals surface area contributed by atoms with Crippen LogP contribution < -0.4 is 4.72 Å². The molecule has 0 amide bonds. The average molecular weight is 309 g/mol. The van der Waals surface area contributed by atoms with Crippen LogP contribution in [-0.4, -0.2) is 18.4 Å². The van der Waals surface area contributed by atoms with Crippen molar-refractivity contribution in [2.24, 2.45) is 0 Å². The van der Waals surface area contributed by atoms with Gasteiger partial charge >= 0.3 is 0 Å². The van der Waals surface area contributed by atoms with Gasteiger partial charge < -0.3 is 0 Å². The van der Waals surface area contributed by atoms with E-state index in [0.717, 1.165) is 0 Å². The molecule has 0 aliphatic rings. The molecule has 0 radical (unpaired) electrons. The van der Waals surface area contributed by atoms with Gasteiger partial charge in [-0.05, 0) is 11.6 Å². The van der Waals surface area contributed by atoms with E-state index in [4.69, 9.17) is 16.9 Å². The fourth-order valence-electron chi connectivity index (χ4n) is 1.52. The van der Waals surface area contributed by atoms with Gasteiger partial charge in [0.1, 0.15) is 5.15 Å². The Hall–Kier alpha value is -2.17. The lowest BCUT2D eigenvalue weighted by Gasteiger charge is -2.07. The minimum absolute atomic E-state index is 0.0730. The van der Waals surface area contributed by atoms with Gasteiger partial charge in [-0.2, -0.15) is 5.26 Å². The molecule has 8 heteroatoms. The highest BCUT2D eigenvalue weighted by Crippen LogP contribution is 2.14. The molecule has 0 unspecified atom stereocenters. The minimum atomic E-state index is -3.68. The van der Waals surface area contributed by atoms with Gasteiger partial charge in [0, 0.05) is 0 Å². The summed E-state index contributed by atoms with van der Waals surface area (Å²) >= 11 is 5.57. The van der Waals surface area contributed by atoms with E-state index in [0.29, 0.717) is 11.1 Å². The molecular formula is C12H9ClN4O2S. The van der Waals surface area contributed by atoms with Gasteiger partial charge in [-0.15, -0.1) is 0 Å². The van der Waals surface area contributed by atoms with Gasteiger partial charge in [-0.3, -0.25) is 4.72 Å². The number of nitrogens with zero attached hydrogens (tertiary/aromatic N) is 3. The molecule has 1 aromatic heterocycles. The number of nitrogens with one attached hydrogen (secondary N) is 1. The first-order chi connectivity index (χ1) is 9.50. The fourth-order valence-corrected chi connectivity index (χ4v) is 2.78. The molecule has 1 heterocycles. The minimum Gasteiger partial charge on any atom is -0.266 e. The van der Waals surface area contributed by atoms with E-state index in [9.17, 15) is 8.42 Å². The van der Waals surface area contributed by atoms with E-state index >= 15 is 0 Å². The van der Waals surface area contributed by atoms with Crippen molar-refractivity contribution in [2.75, 3.05) is 4.72 Å². The topological polar surface area (TPSA) is 95.7 Å². The standard InChI is InChI=1S/C12H9ClN4O2S/c13-11-6-16-12(7-15-11)17-20(18,19)8-10-4-2-1-3-9(10)5-14/h1-4,6-7H,8H2,(H,16,17). The quantitative estimate of drug-likeness (QED) is 0.931. The lowest BCUT2D eigenvalue weighted by Crippen LogP contribution is -2.16. The highest BCUT2D eigenvalue weighted by Gasteiger charge is 2.15. The van der Waals surface area contributed by atoms with E-state index in [1.54, 1.807) is 24.3 Å². The number of nitriles is 1. The van der Waals surface area contributed by atoms with E-state index in [2.05, 4.69) is 14.7 Å². The van der Waals surface area contributed by atoms with Crippen molar-refractivity contribution < 1.29 is 8.42 Å². The SMILES string of the molecule is N#Cc1ccccc1CS(=O)(=O)Nc1cnc(Cl)cn1. The molecule has 1 aromatic carbocycles. The third-order valence-electron chi connectivity index (χ3n) is 2.36. The van der Waals surface area contributed by atoms with E-state index in [-0.39, 0.29) is 16.7 Å². The van der Waals surface area contributed by atoms with Crippen LogP contribution in [0, 0.1) is 11.3 Å². The van der Waals surface area contributed by atoms with Crippen LogP contribution in [0.25, 0.3) is 0 Å². The number of anilines is 1. The number of hydrogen-bond acceptors (Lipinski definition) is 5. The Labute approximate surface area is 121 Å². The molecule has 0 aliphatic carbocycles. The molecule has 6 nitrogen and oxygen atoms in total. The lowest BCUT2D eigenvalue weighted by molar-refractivity contribution is 0.600. The number of hydrogen-bond donors (Lipinski definition) is 1. The molecule has 0 atom stereocenters. The Bertz CT molecular complexity index is 754. The Morgan fingerprint density at radius 1 is 1.25 bits per heavy atom. The van der Waals surface area contributed by atoms with Crippen molar-refractivity contribution in [1.82, 2.24) is 9.97 Å². The first-order valence-electron chi connectivity index (χ1n) is 5.46. The molecule has 0 fully saturated rings. The van der Waals surface area contributed by atoms with Gasteiger partial charge in [-0.25, -0.2) is 18.4 Å². The van der Waals surface area contributed by atoms with Crippen molar-refractivity contribution in [3.63, 3.8) is 0 Å². The Morgan fingerprint density at radius 2 is 2.00 bits per heavy atom. The molecular weight excluding hydrogens is 300 g/mol. The normalized spacial score (nSPS) is 10.8. The van der Waals surface area contributed by atoms with Crippen LogP contribution in [0.3, 0.4) is 0 Å². The summed E-state index contributed by atoms with van der Waals surface area (Å²) in [6.45, 7) is 0. The van der Waals surface area contributed by atoms with Crippen LogP contribution in [0.5, 0.6) is 0 Å². The molecule has 0 saturated heterocycles. The van der Waals surface area contributed by atoms with Gasteiger partial charge in [0.05, 0.1) is 29.8 Å². The number of aromatic nitrogens is 2. The molecule has 2 aromatic rings. The number of sulfonamides is 1. The second-order valence-electron chi connectivity index (χ2n) is 3.85. The first kappa shape index (κ1) is 14.2. The first-order valence-corrected chi connectivity index (χ1v) is 7.49. The van der Waals surface area contributed by atoms with Crippen LogP contribution in [-0.2, 0) is 15.8 Å². The van der Waals surface area contributed by atoms with Crippen LogP contribution in [0.2, 0.25) is 5.15 Å². The molecule has 0 bridgehead atoms. The summed E-state index contributed by atoms with van der Waals surface area (Å²) < 4.78 is 26.3. The highest BCUT2D eigenvalue weighted by molar-refractivity contribution is 7.91. The van der Waals surface area contributed by atoms with Gasteiger partial charge in [0.15, 0.2) is 5.82 Å². The maximum Gasteiger partial charge on any atom is 0.238 e. The molecule has 2 rings (SSSR count). The zero-order valence-electron chi connectivity index (χ0n) is 10.1. The smallest absolute Gasteiger partial charge is 0.238 e. The van der Waals surface area contributed by atoms with Crippen molar-refractivity contribution in [1.29, 1.82) is 5.26 Å². The van der Waals surface area contributed by atoms with Gasteiger partial charge in [0.2, 0.25) is 10.0 Å². The molecule has 0 spiro atoms. The Balaban J connectivity index is 2.19. The highest BCUT2D eigenvalue weighted by atomic mass is 35.5. The van der Waals surface area contributed by atoms with E-state index in [1.165, 1.54) is 12.4 Å². The van der Waals surface area contributed by atoms with Crippen molar-refractivity contribution in [3.8, 4) is 6.07 Å². The van der Waals surface area contributed by atoms with Gasteiger partial charge in [-0.1, -0.05) is 29.8 Å². The van der Waals surface area contributed by atoms with E-state index < -0.39 is 10.0 Å². The van der Waals surface area contributed by atoms with Crippen LogP contribution in [0.1, 0.15) is 11.1 Å². The predicted octanol–water partition coefficient (Wildman–Crippen LogP) is 1.94. The summed E-state index contributed by atoms with van der Waals surface area (Å²) in [5.41, 5.74) is 0.740. The number of benzene rings is 1. The summed E-state index contributed by atoms with van der Waals surface area (Å²) in [6.07, 6.45) is 2.46. The average Bonchev–Trinajstić information content (AvgIpc) is 2.41. The predicted molar refractivity (Wildman–Crippen MR) is 74.4 cm³/mol. The van der Waals surface area contributed by atoms with Crippen molar-refractivity contribution in [3.05, 3.63) is 52.9 Å². The third kappa shape index (κ3) is 3.66. The monoisotopic (exact) mass is 308 g/mol. The summed E-state index contributed by atoms with van der Waals surface area (Å²) in [6, 6.07) is 8.45. The summed E-state index contributed by atoms with van der Waals surface area (Å²) in [5.74, 6) is -0.245. The summed E-state index contributed by atoms with van der Waals surface area (Å²) in [7, 11) is -3.68. The molecule has 102 valence electrons. The third-order valence-corrected chi connectivity index (χ3v) is 3.77. The van der Waals surface area contributed by atoms with Crippen LogP contribution >= 0.6 is 11.6 Å². The summed E-state index contributed by atoms with van der Waals surface area (Å²) in [5, 5.41) is 9.10. The lowest BCUT2D eigenvalue weighted by atomic mass is 10.1. The zero-order valence-corrected chi connectivity index (χ0v) is 11.7. The second-order valence-corrected chi connectivity index (χ2v) is 5.96. The maximum atomic E-state index is 12.0. The fraction of sp³-hybridized carbons (Fsp3) is 0.0833. The van der Waals surface area contributed by atoms with Crippen molar-refractivity contribution in [2.45, 2.75) is 5.75 Å². The van der Waals surface area contributed by atoms with Crippen molar-refractivity contribution >= 4 is 27.4 Å². The number of rotatable bonds is 4. The molecule has 0 saturated carbocycles. The zero-order chi connectivity index (χ0) is 14.6. The van der Waals surface area contributed by atoms with Crippen LogP contribution in [0.15, 0.2) is 36.7 Å². The Kier molecular flexibility index (Phi) is 4.17.